The summed E-state index contributed by atoms with van der Waals surface area (Å²) in [5.41, 5.74) is 16.9. The largest absolute Gasteiger partial charge is 0.294 e. The van der Waals surface area contributed by atoms with Crippen LogP contribution in [0.1, 0.15) is 29.2 Å². The zero-order valence-corrected chi connectivity index (χ0v) is 29.4. The van der Waals surface area contributed by atoms with Crippen molar-refractivity contribution in [2.75, 3.05) is 0 Å². The normalized spacial score (nSPS) is 13.5. The molecule has 1 atom stereocenters. The second kappa shape index (κ2) is 13.2. The average molecular weight is 680 g/mol. The predicted octanol–water partition coefficient (Wildman–Crippen LogP) is 12.5. The van der Waals surface area contributed by atoms with Crippen molar-refractivity contribution in [3.63, 3.8) is 0 Å². The summed E-state index contributed by atoms with van der Waals surface area (Å²) in [4.78, 5) is 10.1. The summed E-state index contributed by atoms with van der Waals surface area (Å²) in [6, 6.07) is 61.3. The molecule has 3 nitrogen and oxygen atoms in total. The second-order valence-electron chi connectivity index (χ2n) is 14.2. The van der Waals surface area contributed by atoms with Crippen LogP contribution < -0.4 is 0 Å². The summed E-state index contributed by atoms with van der Waals surface area (Å²) in [7, 11) is 0. The van der Waals surface area contributed by atoms with Crippen LogP contribution in [0.2, 0.25) is 0 Å². The molecular formula is C50H37N3. The topological polar surface area (TPSA) is 30.7 Å². The molecular weight excluding hydrogens is 643 g/mol. The van der Waals surface area contributed by atoms with Crippen molar-refractivity contribution in [2.45, 2.75) is 25.2 Å². The first-order valence-corrected chi connectivity index (χ1v) is 18.5. The van der Waals surface area contributed by atoms with Gasteiger partial charge in [-0.15, -0.1) is 0 Å². The molecule has 3 heteroatoms. The summed E-state index contributed by atoms with van der Waals surface area (Å²) in [6.45, 7) is 0. The van der Waals surface area contributed by atoms with Crippen molar-refractivity contribution < 1.29 is 0 Å². The van der Waals surface area contributed by atoms with Gasteiger partial charge in [-0.25, -0.2) is 4.98 Å². The van der Waals surface area contributed by atoms with Gasteiger partial charge >= 0.3 is 0 Å². The van der Waals surface area contributed by atoms with Crippen LogP contribution in [0.3, 0.4) is 0 Å². The van der Waals surface area contributed by atoms with Gasteiger partial charge in [0.1, 0.15) is 5.65 Å². The van der Waals surface area contributed by atoms with E-state index in [4.69, 9.17) is 9.97 Å². The Hall–Kier alpha value is -6.58. The number of hydrogen-bond acceptors (Lipinski definition) is 2. The number of aryl methyl sites for hydroxylation is 1. The van der Waals surface area contributed by atoms with Gasteiger partial charge in [0.2, 0.25) is 0 Å². The summed E-state index contributed by atoms with van der Waals surface area (Å²) < 4.78 is 2.31. The second-order valence-corrected chi connectivity index (χ2v) is 14.2. The van der Waals surface area contributed by atoms with Gasteiger partial charge in [0.05, 0.1) is 5.52 Å². The van der Waals surface area contributed by atoms with Crippen LogP contribution in [0.15, 0.2) is 182 Å². The molecule has 0 bridgehead atoms. The van der Waals surface area contributed by atoms with Crippen LogP contribution in [0.4, 0.5) is 0 Å². The fraction of sp³-hybridized carbons (Fsp3) is 0.0800. The number of pyridine rings is 2. The molecule has 0 aliphatic heterocycles. The fourth-order valence-corrected chi connectivity index (χ4v) is 8.34. The molecule has 9 aromatic rings. The molecule has 10 rings (SSSR count). The maximum Gasteiger partial charge on any atom is 0.145 e. The Morgan fingerprint density at radius 1 is 0.491 bits per heavy atom. The van der Waals surface area contributed by atoms with Crippen molar-refractivity contribution in [3.8, 4) is 50.2 Å². The molecule has 0 amide bonds. The number of nitrogens with zero attached hydrogens (tertiary/aromatic N) is 3. The van der Waals surface area contributed by atoms with E-state index in [9.17, 15) is 0 Å². The number of rotatable bonds is 7. The molecule has 6 aromatic carbocycles. The average Bonchev–Trinajstić information content (AvgIpc) is 3.57. The van der Waals surface area contributed by atoms with E-state index in [2.05, 4.69) is 174 Å². The van der Waals surface area contributed by atoms with Gasteiger partial charge in [-0.3, -0.25) is 9.55 Å². The van der Waals surface area contributed by atoms with Gasteiger partial charge in [0.25, 0.3) is 0 Å². The van der Waals surface area contributed by atoms with Crippen molar-refractivity contribution >= 4 is 21.9 Å². The minimum absolute atomic E-state index is 0.422. The number of hydrogen-bond donors (Lipinski definition) is 0. The lowest BCUT2D eigenvalue weighted by molar-refractivity contribution is 0.607. The first-order chi connectivity index (χ1) is 26.3. The third kappa shape index (κ3) is 5.71. The maximum absolute atomic E-state index is 5.06. The third-order valence-electron chi connectivity index (χ3n) is 11.0. The Morgan fingerprint density at radius 3 is 1.98 bits per heavy atom. The maximum atomic E-state index is 5.06. The number of para-hydroxylation sites is 1. The van der Waals surface area contributed by atoms with Gasteiger partial charge < -0.3 is 0 Å². The lowest BCUT2D eigenvalue weighted by Crippen LogP contribution is -2.14. The molecule has 3 aromatic heterocycles. The molecule has 252 valence electrons. The SMILES string of the molecule is c1ccc(-c2cnc3c(c2)-c2ccccc2C(CCc2cccc(-c4cccc(-n5c6ccccc6c6cc(-c7ccccc7)cnc65)c4)c2)C3)cc1. The lowest BCUT2D eigenvalue weighted by atomic mass is 9.78. The van der Waals surface area contributed by atoms with Crippen LogP contribution in [0, 0.1) is 0 Å². The van der Waals surface area contributed by atoms with E-state index in [-0.39, 0.29) is 0 Å². The molecule has 0 fully saturated rings. The molecule has 53 heavy (non-hydrogen) atoms. The summed E-state index contributed by atoms with van der Waals surface area (Å²) >= 11 is 0. The standard InChI is InChI=1S/C50H37N3/c1-3-14-35(15-4-1)40-29-46-44-22-8-7-21-43(44)39(31-48(46)51-32-40)26-25-34-13-11-18-37(27-34)38-19-12-20-42(28-38)53-49-24-10-9-23-45(49)47-30-41(33-52-50(47)53)36-16-5-2-6-17-36/h1-24,27-30,32-33,39H,25-26,31H2. The van der Waals surface area contributed by atoms with Crippen molar-refractivity contribution in [2.24, 2.45) is 0 Å². The molecule has 1 aliphatic carbocycles. The first kappa shape index (κ1) is 31.2. The zero-order chi connectivity index (χ0) is 35.1. The van der Waals surface area contributed by atoms with Crippen molar-refractivity contribution in [1.29, 1.82) is 0 Å². The Balaban J connectivity index is 0.939. The fourth-order valence-electron chi connectivity index (χ4n) is 8.34. The Morgan fingerprint density at radius 2 is 1.15 bits per heavy atom. The van der Waals surface area contributed by atoms with Crippen LogP contribution in [-0.2, 0) is 12.8 Å². The third-order valence-corrected chi connectivity index (χ3v) is 11.0. The minimum atomic E-state index is 0.422. The lowest BCUT2D eigenvalue weighted by Gasteiger charge is -2.27. The number of benzene rings is 6. The summed E-state index contributed by atoms with van der Waals surface area (Å²) in [5.74, 6) is 0.422. The van der Waals surface area contributed by atoms with Crippen LogP contribution in [0.5, 0.6) is 0 Å². The Kier molecular flexibility index (Phi) is 7.76. The van der Waals surface area contributed by atoms with E-state index in [1.54, 1.807) is 0 Å². The minimum Gasteiger partial charge on any atom is -0.294 e. The summed E-state index contributed by atoms with van der Waals surface area (Å²) in [5, 5.41) is 2.37. The smallest absolute Gasteiger partial charge is 0.145 e. The van der Waals surface area contributed by atoms with E-state index in [0.29, 0.717) is 5.92 Å². The van der Waals surface area contributed by atoms with E-state index >= 15 is 0 Å². The molecule has 0 spiro atoms. The van der Waals surface area contributed by atoms with Gasteiger partial charge in [0, 0.05) is 51.2 Å². The predicted molar refractivity (Wildman–Crippen MR) is 219 cm³/mol. The molecule has 1 aliphatic rings. The molecule has 0 saturated heterocycles. The number of aromatic nitrogens is 3. The van der Waals surface area contributed by atoms with Crippen molar-refractivity contribution in [1.82, 2.24) is 14.5 Å². The highest BCUT2D eigenvalue weighted by atomic mass is 15.0. The van der Waals surface area contributed by atoms with Gasteiger partial charge in [-0.05, 0) is 94.5 Å². The highest BCUT2D eigenvalue weighted by Crippen LogP contribution is 2.42. The Bertz CT molecular complexity index is 2760. The number of fused-ring (bicyclic) bond motifs is 6. The van der Waals surface area contributed by atoms with Crippen LogP contribution in [-0.4, -0.2) is 14.5 Å². The van der Waals surface area contributed by atoms with E-state index in [1.165, 1.54) is 61.2 Å². The monoisotopic (exact) mass is 679 g/mol. The first-order valence-electron chi connectivity index (χ1n) is 18.5. The highest BCUT2D eigenvalue weighted by molar-refractivity contribution is 6.09. The molecule has 3 heterocycles. The van der Waals surface area contributed by atoms with Crippen LogP contribution >= 0.6 is 0 Å². The van der Waals surface area contributed by atoms with Crippen LogP contribution in [0.25, 0.3) is 72.1 Å². The zero-order valence-electron chi connectivity index (χ0n) is 29.4. The van der Waals surface area contributed by atoms with Gasteiger partial charge in [-0.1, -0.05) is 140 Å². The van der Waals surface area contributed by atoms with Crippen molar-refractivity contribution in [3.05, 3.63) is 199 Å². The highest BCUT2D eigenvalue weighted by Gasteiger charge is 2.26. The molecule has 1 unspecified atom stereocenters. The Labute approximate surface area is 309 Å². The molecule has 0 N–H and O–H groups in total. The summed E-state index contributed by atoms with van der Waals surface area (Å²) in [6.07, 6.45) is 7.09. The quantitative estimate of drug-likeness (QED) is 0.168. The van der Waals surface area contributed by atoms with E-state index in [1.807, 2.05) is 12.4 Å². The molecule has 0 radical (unpaired) electrons. The van der Waals surface area contributed by atoms with E-state index in [0.717, 1.165) is 47.1 Å². The van der Waals surface area contributed by atoms with Gasteiger partial charge in [-0.2, -0.15) is 0 Å². The van der Waals surface area contributed by atoms with E-state index < -0.39 is 0 Å². The molecule has 0 saturated carbocycles. The van der Waals surface area contributed by atoms with Gasteiger partial charge in [0.15, 0.2) is 0 Å².